The van der Waals surface area contributed by atoms with Crippen LogP contribution in [-0.2, 0) is 6.54 Å². The number of thioether (sulfide) groups is 1. The summed E-state index contributed by atoms with van der Waals surface area (Å²) in [6.07, 6.45) is 0. The van der Waals surface area contributed by atoms with Crippen molar-refractivity contribution in [3.05, 3.63) is 58.9 Å². The summed E-state index contributed by atoms with van der Waals surface area (Å²) in [5.74, 6) is -0.431. The molecule has 0 amide bonds. The van der Waals surface area contributed by atoms with Gasteiger partial charge in [0.1, 0.15) is 5.82 Å². The largest absolute Gasteiger partial charge is 0.446 e. The smallest absolute Gasteiger partial charge is 0.380 e. The molecule has 0 unspecified atom stereocenters. The summed E-state index contributed by atoms with van der Waals surface area (Å²) in [5.41, 5.74) is -2.93. The number of nitrogens with one attached hydrogen (secondary N) is 1. The number of alkyl halides is 3. The van der Waals surface area contributed by atoms with Crippen molar-refractivity contribution in [1.29, 1.82) is 0 Å². The standard InChI is InChI=1S/C14H10ClF4NS/c15-12-7-10(16)3-6-13(12)20-8-9-1-4-11(5-2-9)21-14(17,18)19/h1-7,20H,8H2. The van der Waals surface area contributed by atoms with Gasteiger partial charge in [-0.25, -0.2) is 4.39 Å². The number of rotatable bonds is 4. The lowest BCUT2D eigenvalue weighted by Crippen LogP contribution is -2.01. The highest BCUT2D eigenvalue weighted by Crippen LogP contribution is 2.36. The van der Waals surface area contributed by atoms with E-state index in [0.717, 1.165) is 5.56 Å². The Balaban J connectivity index is 1.97. The molecule has 1 nitrogen and oxygen atoms in total. The molecular formula is C14H10ClF4NS. The Bertz CT molecular complexity index is 613. The minimum absolute atomic E-state index is 0.131. The first-order valence-electron chi connectivity index (χ1n) is 5.87. The van der Waals surface area contributed by atoms with Crippen LogP contribution in [0.15, 0.2) is 47.4 Å². The fraction of sp³-hybridized carbons (Fsp3) is 0.143. The van der Waals surface area contributed by atoms with E-state index < -0.39 is 11.3 Å². The van der Waals surface area contributed by atoms with Crippen molar-refractivity contribution in [3.8, 4) is 0 Å². The maximum atomic E-state index is 12.9. The van der Waals surface area contributed by atoms with Crippen LogP contribution < -0.4 is 5.32 Å². The van der Waals surface area contributed by atoms with E-state index in [-0.39, 0.29) is 21.7 Å². The van der Waals surface area contributed by atoms with Gasteiger partial charge in [-0.1, -0.05) is 23.7 Å². The van der Waals surface area contributed by atoms with Gasteiger partial charge in [-0.05, 0) is 47.7 Å². The molecule has 0 aliphatic heterocycles. The third kappa shape index (κ3) is 5.13. The van der Waals surface area contributed by atoms with Crippen LogP contribution in [0.5, 0.6) is 0 Å². The molecular weight excluding hydrogens is 326 g/mol. The lowest BCUT2D eigenvalue weighted by Gasteiger charge is -2.10. The molecule has 0 heterocycles. The number of halogens is 5. The van der Waals surface area contributed by atoms with Gasteiger partial charge in [-0.2, -0.15) is 13.2 Å². The van der Waals surface area contributed by atoms with Crippen LogP contribution in [0.1, 0.15) is 5.56 Å². The monoisotopic (exact) mass is 335 g/mol. The van der Waals surface area contributed by atoms with Crippen molar-refractivity contribution in [3.63, 3.8) is 0 Å². The van der Waals surface area contributed by atoms with E-state index in [1.807, 2.05) is 0 Å². The number of anilines is 1. The summed E-state index contributed by atoms with van der Waals surface area (Å²) < 4.78 is 49.5. The average Bonchev–Trinajstić information content (AvgIpc) is 2.38. The van der Waals surface area contributed by atoms with Gasteiger partial charge in [0.2, 0.25) is 0 Å². The van der Waals surface area contributed by atoms with Crippen molar-refractivity contribution >= 4 is 29.1 Å². The second-order valence-corrected chi connectivity index (χ2v) is 5.72. The summed E-state index contributed by atoms with van der Waals surface area (Å²) in [5, 5.41) is 3.25. The first kappa shape index (κ1) is 16.0. The maximum absolute atomic E-state index is 12.9. The van der Waals surface area contributed by atoms with E-state index in [2.05, 4.69) is 5.32 Å². The van der Waals surface area contributed by atoms with E-state index in [0.29, 0.717) is 12.2 Å². The van der Waals surface area contributed by atoms with Crippen molar-refractivity contribution in [2.24, 2.45) is 0 Å². The maximum Gasteiger partial charge on any atom is 0.446 e. The highest BCUT2D eigenvalue weighted by molar-refractivity contribution is 8.00. The molecule has 0 aromatic heterocycles. The van der Waals surface area contributed by atoms with Crippen molar-refractivity contribution < 1.29 is 17.6 Å². The SMILES string of the molecule is Fc1ccc(NCc2ccc(SC(F)(F)F)cc2)c(Cl)c1. The van der Waals surface area contributed by atoms with Crippen LogP contribution in [0.3, 0.4) is 0 Å². The Hall–Kier alpha value is -1.40. The van der Waals surface area contributed by atoms with E-state index in [4.69, 9.17) is 11.6 Å². The molecule has 0 aliphatic carbocycles. The van der Waals surface area contributed by atoms with Crippen molar-refractivity contribution in [2.45, 2.75) is 16.9 Å². The summed E-state index contributed by atoms with van der Waals surface area (Å²) in [4.78, 5) is 0.131. The van der Waals surface area contributed by atoms with E-state index >= 15 is 0 Å². The number of hydrogen-bond acceptors (Lipinski definition) is 2. The van der Waals surface area contributed by atoms with Crippen LogP contribution in [0.4, 0.5) is 23.2 Å². The van der Waals surface area contributed by atoms with Crippen molar-refractivity contribution in [2.75, 3.05) is 5.32 Å². The third-order valence-corrected chi connectivity index (χ3v) is 3.62. The van der Waals surface area contributed by atoms with Crippen LogP contribution >= 0.6 is 23.4 Å². The Morgan fingerprint density at radius 2 is 1.71 bits per heavy atom. The van der Waals surface area contributed by atoms with Crippen LogP contribution in [0.2, 0.25) is 5.02 Å². The fourth-order valence-electron chi connectivity index (χ4n) is 1.64. The van der Waals surface area contributed by atoms with Crippen LogP contribution in [0.25, 0.3) is 0 Å². The number of hydrogen-bond donors (Lipinski definition) is 1. The third-order valence-electron chi connectivity index (χ3n) is 2.57. The molecule has 0 aliphatic rings. The summed E-state index contributed by atoms with van der Waals surface area (Å²) >= 11 is 5.71. The molecule has 21 heavy (non-hydrogen) atoms. The topological polar surface area (TPSA) is 12.0 Å². The zero-order chi connectivity index (χ0) is 15.5. The molecule has 2 aromatic carbocycles. The highest BCUT2D eigenvalue weighted by Gasteiger charge is 2.28. The quantitative estimate of drug-likeness (QED) is 0.568. The molecule has 0 bridgehead atoms. The summed E-state index contributed by atoms with van der Waals surface area (Å²) in [6, 6.07) is 9.97. The Labute approximate surface area is 128 Å². The predicted molar refractivity (Wildman–Crippen MR) is 77.1 cm³/mol. The summed E-state index contributed by atoms with van der Waals surface area (Å²) in [6.45, 7) is 0.377. The molecule has 0 spiro atoms. The molecule has 0 radical (unpaired) electrons. The predicted octanol–water partition coefficient (Wildman–Crippen LogP) is 5.70. The summed E-state index contributed by atoms with van der Waals surface area (Å²) in [7, 11) is 0. The van der Waals surface area contributed by atoms with E-state index in [1.165, 1.54) is 30.3 Å². The minimum Gasteiger partial charge on any atom is -0.380 e. The van der Waals surface area contributed by atoms with Gasteiger partial charge >= 0.3 is 5.51 Å². The van der Waals surface area contributed by atoms with Gasteiger partial charge in [0.05, 0.1) is 10.7 Å². The first-order valence-corrected chi connectivity index (χ1v) is 7.06. The van der Waals surface area contributed by atoms with E-state index in [1.54, 1.807) is 12.1 Å². The molecule has 112 valence electrons. The second-order valence-electron chi connectivity index (χ2n) is 4.17. The van der Waals surface area contributed by atoms with Gasteiger partial charge < -0.3 is 5.32 Å². The molecule has 2 rings (SSSR count). The zero-order valence-corrected chi connectivity index (χ0v) is 12.1. The van der Waals surface area contributed by atoms with Crippen LogP contribution in [0, 0.1) is 5.82 Å². The normalized spacial score (nSPS) is 11.5. The molecule has 0 atom stereocenters. The Morgan fingerprint density at radius 3 is 2.29 bits per heavy atom. The number of benzene rings is 2. The van der Waals surface area contributed by atoms with Crippen LogP contribution in [-0.4, -0.2) is 5.51 Å². The lowest BCUT2D eigenvalue weighted by atomic mass is 10.2. The van der Waals surface area contributed by atoms with Gasteiger partial charge in [-0.15, -0.1) is 0 Å². The fourth-order valence-corrected chi connectivity index (χ4v) is 2.41. The molecule has 0 saturated heterocycles. The average molecular weight is 336 g/mol. The molecule has 2 aromatic rings. The molecule has 7 heteroatoms. The van der Waals surface area contributed by atoms with Gasteiger partial charge in [-0.3, -0.25) is 0 Å². The lowest BCUT2D eigenvalue weighted by molar-refractivity contribution is -0.0328. The molecule has 0 fully saturated rings. The van der Waals surface area contributed by atoms with Gasteiger partial charge in [0.15, 0.2) is 0 Å². The highest BCUT2D eigenvalue weighted by atomic mass is 35.5. The molecule has 0 saturated carbocycles. The first-order chi connectivity index (χ1) is 9.83. The molecule has 1 N–H and O–H groups in total. The van der Waals surface area contributed by atoms with Crippen molar-refractivity contribution in [1.82, 2.24) is 0 Å². The second kappa shape index (κ2) is 6.58. The van der Waals surface area contributed by atoms with Gasteiger partial charge in [0, 0.05) is 11.4 Å². The zero-order valence-electron chi connectivity index (χ0n) is 10.5. The Morgan fingerprint density at radius 1 is 1.05 bits per heavy atom. The minimum atomic E-state index is -4.29. The van der Waals surface area contributed by atoms with Gasteiger partial charge in [0.25, 0.3) is 0 Å². The van der Waals surface area contributed by atoms with E-state index in [9.17, 15) is 17.6 Å². The Kier molecular flexibility index (Phi) is 5.00.